The SMILES string of the molecule is Cc1ncc(CNS(=O)(=O)c2scnc2C(=O)O)s1. The van der Waals surface area contributed by atoms with Crippen LogP contribution in [0.3, 0.4) is 0 Å². The molecule has 2 aromatic rings. The van der Waals surface area contributed by atoms with Gasteiger partial charge in [0.25, 0.3) is 10.0 Å². The van der Waals surface area contributed by atoms with Crippen LogP contribution in [0.2, 0.25) is 0 Å². The van der Waals surface area contributed by atoms with Crippen LogP contribution in [-0.4, -0.2) is 29.5 Å². The highest BCUT2D eigenvalue weighted by Gasteiger charge is 2.25. The van der Waals surface area contributed by atoms with E-state index in [1.165, 1.54) is 16.8 Å². The van der Waals surface area contributed by atoms with E-state index in [-0.39, 0.29) is 10.8 Å². The number of carboxylic acid groups (broad SMARTS) is 1. The third-order valence-electron chi connectivity index (χ3n) is 2.09. The van der Waals surface area contributed by atoms with Crippen molar-refractivity contribution in [1.82, 2.24) is 14.7 Å². The van der Waals surface area contributed by atoms with E-state index in [1.807, 2.05) is 6.92 Å². The maximum absolute atomic E-state index is 12.0. The number of hydrogen-bond donors (Lipinski definition) is 2. The lowest BCUT2D eigenvalue weighted by molar-refractivity contribution is 0.0687. The first-order valence-corrected chi connectivity index (χ1v) is 8.16. The van der Waals surface area contributed by atoms with E-state index < -0.39 is 21.7 Å². The highest BCUT2D eigenvalue weighted by Crippen LogP contribution is 2.20. The Morgan fingerprint density at radius 3 is 2.79 bits per heavy atom. The first-order valence-electron chi connectivity index (χ1n) is 4.98. The van der Waals surface area contributed by atoms with Crippen LogP contribution in [0.4, 0.5) is 0 Å². The van der Waals surface area contributed by atoms with Gasteiger partial charge in [0.2, 0.25) is 0 Å². The minimum absolute atomic E-state index is 0.0742. The Kier molecular flexibility index (Phi) is 3.94. The van der Waals surface area contributed by atoms with Crippen molar-refractivity contribution in [2.45, 2.75) is 17.7 Å². The van der Waals surface area contributed by atoms with Crippen LogP contribution in [-0.2, 0) is 16.6 Å². The topological polar surface area (TPSA) is 109 Å². The van der Waals surface area contributed by atoms with E-state index in [9.17, 15) is 13.2 Å². The van der Waals surface area contributed by atoms with E-state index >= 15 is 0 Å². The number of sulfonamides is 1. The molecule has 7 nitrogen and oxygen atoms in total. The molecule has 10 heteroatoms. The fourth-order valence-corrected chi connectivity index (χ4v) is 4.30. The van der Waals surface area contributed by atoms with Crippen LogP contribution < -0.4 is 4.72 Å². The molecular weight excluding hydrogens is 310 g/mol. The number of rotatable bonds is 5. The van der Waals surface area contributed by atoms with Gasteiger partial charge in [-0.3, -0.25) is 0 Å². The van der Waals surface area contributed by atoms with E-state index in [0.717, 1.165) is 21.2 Å². The van der Waals surface area contributed by atoms with Crippen LogP contribution in [0.15, 0.2) is 15.9 Å². The minimum Gasteiger partial charge on any atom is -0.476 e. The second-order valence-electron chi connectivity index (χ2n) is 3.46. The summed E-state index contributed by atoms with van der Waals surface area (Å²) in [6, 6.07) is 0. The summed E-state index contributed by atoms with van der Waals surface area (Å²) in [7, 11) is -3.88. The molecule has 0 spiro atoms. The largest absolute Gasteiger partial charge is 0.476 e. The Labute approximate surface area is 117 Å². The first-order chi connectivity index (χ1) is 8.90. The van der Waals surface area contributed by atoms with Crippen LogP contribution in [0.5, 0.6) is 0 Å². The monoisotopic (exact) mass is 319 g/mol. The fourth-order valence-electron chi connectivity index (χ4n) is 1.29. The summed E-state index contributed by atoms with van der Waals surface area (Å²) >= 11 is 2.14. The molecule has 0 aliphatic heterocycles. The zero-order valence-corrected chi connectivity index (χ0v) is 12.1. The van der Waals surface area contributed by atoms with Gasteiger partial charge in [-0.25, -0.2) is 27.9 Å². The number of aromatic nitrogens is 2. The van der Waals surface area contributed by atoms with Crippen molar-refractivity contribution in [3.63, 3.8) is 0 Å². The normalized spacial score (nSPS) is 11.6. The van der Waals surface area contributed by atoms with Gasteiger partial charge in [0, 0.05) is 17.6 Å². The molecule has 19 heavy (non-hydrogen) atoms. The van der Waals surface area contributed by atoms with Gasteiger partial charge in [0.15, 0.2) is 9.90 Å². The summed E-state index contributed by atoms with van der Waals surface area (Å²) in [5.41, 5.74) is 0.729. The van der Waals surface area contributed by atoms with E-state index in [0.29, 0.717) is 0 Å². The highest BCUT2D eigenvalue weighted by molar-refractivity contribution is 7.91. The number of carbonyl (C=O) groups is 1. The van der Waals surface area contributed by atoms with Crippen molar-refractivity contribution in [1.29, 1.82) is 0 Å². The molecule has 2 heterocycles. The van der Waals surface area contributed by atoms with Crippen molar-refractivity contribution in [2.75, 3.05) is 0 Å². The van der Waals surface area contributed by atoms with Gasteiger partial charge in [-0.05, 0) is 6.92 Å². The molecule has 2 rings (SSSR count). The molecule has 0 saturated heterocycles. The predicted molar refractivity (Wildman–Crippen MR) is 69.9 cm³/mol. The molecule has 0 fully saturated rings. The summed E-state index contributed by atoms with van der Waals surface area (Å²) in [6.45, 7) is 1.89. The fraction of sp³-hybridized carbons (Fsp3) is 0.222. The quantitative estimate of drug-likeness (QED) is 0.853. The summed E-state index contributed by atoms with van der Waals surface area (Å²) < 4.78 is 26.0. The molecule has 0 bridgehead atoms. The van der Waals surface area contributed by atoms with Crippen LogP contribution in [0, 0.1) is 6.92 Å². The number of aryl methyl sites for hydroxylation is 1. The summed E-state index contributed by atoms with van der Waals surface area (Å²) in [6.07, 6.45) is 1.58. The van der Waals surface area contributed by atoms with Crippen LogP contribution >= 0.6 is 22.7 Å². The number of thiazole rings is 2. The van der Waals surface area contributed by atoms with Crippen LogP contribution in [0.1, 0.15) is 20.4 Å². The number of nitrogens with one attached hydrogen (secondary N) is 1. The molecule has 0 aliphatic carbocycles. The van der Waals surface area contributed by atoms with Crippen LogP contribution in [0.25, 0.3) is 0 Å². The standard InChI is InChI=1S/C9H9N3O4S3/c1-5-10-2-6(18-5)3-12-19(15,16)9-7(8(13)14)11-4-17-9/h2,4,12H,3H2,1H3,(H,13,14). The van der Waals surface area contributed by atoms with E-state index in [1.54, 1.807) is 6.20 Å². The molecule has 102 valence electrons. The van der Waals surface area contributed by atoms with Gasteiger partial charge >= 0.3 is 5.97 Å². The molecule has 0 aromatic carbocycles. The zero-order valence-electron chi connectivity index (χ0n) is 9.65. The molecular formula is C9H9N3O4S3. The summed E-state index contributed by atoms with van der Waals surface area (Å²) in [5.74, 6) is -1.37. The Balaban J connectivity index is 2.18. The maximum Gasteiger partial charge on any atom is 0.356 e. The van der Waals surface area contributed by atoms with Crippen molar-refractivity contribution in [3.8, 4) is 0 Å². The second kappa shape index (κ2) is 5.33. The molecule has 0 unspecified atom stereocenters. The number of nitrogens with zero attached hydrogens (tertiary/aromatic N) is 2. The van der Waals surface area contributed by atoms with Crippen molar-refractivity contribution in [3.05, 3.63) is 27.3 Å². The van der Waals surface area contributed by atoms with Gasteiger partial charge in [0.05, 0.1) is 10.5 Å². The van der Waals surface area contributed by atoms with Gasteiger partial charge in [-0.1, -0.05) is 0 Å². The predicted octanol–water partition coefficient (Wildman–Crippen LogP) is 1.08. The van der Waals surface area contributed by atoms with Crippen molar-refractivity contribution >= 4 is 38.7 Å². The van der Waals surface area contributed by atoms with Gasteiger partial charge in [-0.15, -0.1) is 22.7 Å². The highest BCUT2D eigenvalue weighted by atomic mass is 32.2. The smallest absolute Gasteiger partial charge is 0.356 e. The first kappa shape index (κ1) is 14.1. The molecule has 2 N–H and O–H groups in total. The second-order valence-corrected chi connectivity index (χ2v) is 7.60. The van der Waals surface area contributed by atoms with Crippen molar-refractivity contribution in [2.24, 2.45) is 0 Å². The van der Waals surface area contributed by atoms with Gasteiger partial charge in [0.1, 0.15) is 0 Å². The maximum atomic E-state index is 12.0. The molecule has 0 amide bonds. The lowest BCUT2D eigenvalue weighted by Gasteiger charge is -2.03. The molecule has 0 saturated carbocycles. The lowest BCUT2D eigenvalue weighted by Crippen LogP contribution is -2.23. The van der Waals surface area contributed by atoms with Gasteiger partial charge in [-0.2, -0.15) is 0 Å². The Morgan fingerprint density at radius 2 is 2.21 bits per heavy atom. The summed E-state index contributed by atoms with van der Waals surface area (Å²) in [4.78, 5) is 19.1. The van der Waals surface area contributed by atoms with E-state index in [4.69, 9.17) is 5.11 Å². The Hall–Kier alpha value is -1.36. The third kappa shape index (κ3) is 3.15. The Morgan fingerprint density at radius 1 is 1.47 bits per heavy atom. The zero-order chi connectivity index (χ0) is 14.0. The minimum atomic E-state index is -3.88. The average molecular weight is 319 g/mol. The molecule has 0 atom stereocenters. The average Bonchev–Trinajstić information content (AvgIpc) is 2.94. The molecule has 0 aliphatic rings. The Bertz CT molecular complexity index is 704. The van der Waals surface area contributed by atoms with E-state index in [2.05, 4.69) is 14.7 Å². The summed E-state index contributed by atoms with van der Waals surface area (Å²) in [5, 5.41) is 9.68. The number of hydrogen-bond acceptors (Lipinski definition) is 7. The van der Waals surface area contributed by atoms with Gasteiger partial charge < -0.3 is 5.11 Å². The third-order valence-corrected chi connectivity index (χ3v) is 5.77. The van der Waals surface area contributed by atoms with Crippen molar-refractivity contribution < 1.29 is 18.3 Å². The number of carboxylic acids is 1. The lowest BCUT2D eigenvalue weighted by atomic mass is 10.5. The molecule has 0 radical (unpaired) electrons. The number of aromatic carboxylic acids is 1. The molecule has 2 aromatic heterocycles.